The molecular formula is C14H13BrCl2N2. The summed E-state index contributed by atoms with van der Waals surface area (Å²) in [6, 6.07) is 9.46. The maximum atomic E-state index is 6.19. The number of nitrogens with one attached hydrogen (secondary N) is 1. The molecule has 0 saturated heterocycles. The van der Waals surface area contributed by atoms with E-state index in [1.807, 2.05) is 38.1 Å². The van der Waals surface area contributed by atoms with Gasteiger partial charge in [0.2, 0.25) is 0 Å². The molecule has 1 atom stereocenters. The number of anilines is 1. The number of aromatic nitrogens is 1. The maximum absolute atomic E-state index is 6.19. The fraction of sp³-hybridized carbons (Fsp3) is 0.214. The van der Waals surface area contributed by atoms with Gasteiger partial charge in [-0.05, 0) is 59.6 Å². The number of pyridine rings is 1. The summed E-state index contributed by atoms with van der Waals surface area (Å²) in [6.45, 7) is 3.99. The Labute approximate surface area is 131 Å². The minimum absolute atomic E-state index is 0.0536. The van der Waals surface area contributed by atoms with Gasteiger partial charge in [-0.1, -0.05) is 29.3 Å². The molecule has 100 valence electrons. The number of halogens is 3. The van der Waals surface area contributed by atoms with Gasteiger partial charge in [-0.2, -0.15) is 0 Å². The van der Waals surface area contributed by atoms with Gasteiger partial charge in [0.05, 0.1) is 11.7 Å². The minimum atomic E-state index is 0.0536. The number of rotatable bonds is 3. The van der Waals surface area contributed by atoms with E-state index in [2.05, 4.69) is 26.2 Å². The van der Waals surface area contributed by atoms with E-state index >= 15 is 0 Å². The van der Waals surface area contributed by atoms with Gasteiger partial charge in [0.25, 0.3) is 0 Å². The number of benzene rings is 1. The molecule has 1 N–H and O–H groups in total. The van der Waals surface area contributed by atoms with Crippen molar-refractivity contribution in [3.8, 4) is 0 Å². The number of hydrogen-bond donors (Lipinski definition) is 1. The monoisotopic (exact) mass is 358 g/mol. The average molecular weight is 360 g/mol. The summed E-state index contributed by atoms with van der Waals surface area (Å²) < 4.78 is 0.996. The van der Waals surface area contributed by atoms with Crippen LogP contribution in [0.1, 0.15) is 24.2 Å². The number of hydrogen-bond acceptors (Lipinski definition) is 2. The summed E-state index contributed by atoms with van der Waals surface area (Å²) in [5, 5.41) is 4.62. The lowest BCUT2D eigenvalue weighted by atomic mass is 10.1. The summed E-state index contributed by atoms with van der Waals surface area (Å²) >= 11 is 15.5. The Morgan fingerprint density at radius 2 is 1.95 bits per heavy atom. The van der Waals surface area contributed by atoms with Crippen molar-refractivity contribution in [3.63, 3.8) is 0 Å². The van der Waals surface area contributed by atoms with E-state index < -0.39 is 0 Å². The molecule has 0 fully saturated rings. The van der Waals surface area contributed by atoms with E-state index in [9.17, 15) is 0 Å². The van der Waals surface area contributed by atoms with Gasteiger partial charge in [-0.25, -0.2) is 4.98 Å². The van der Waals surface area contributed by atoms with Crippen LogP contribution < -0.4 is 5.32 Å². The molecule has 1 aromatic carbocycles. The van der Waals surface area contributed by atoms with Crippen molar-refractivity contribution in [3.05, 3.63) is 56.1 Å². The molecule has 0 saturated carbocycles. The van der Waals surface area contributed by atoms with Crippen molar-refractivity contribution in [2.24, 2.45) is 0 Å². The average Bonchev–Trinajstić information content (AvgIpc) is 2.33. The maximum Gasteiger partial charge on any atom is 0.126 e. The number of nitrogens with zero attached hydrogens (tertiary/aromatic N) is 1. The van der Waals surface area contributed by atoms with Crippen LogP contribution in [0.5, 0.6) is 0 Å². The van der Waals surface area contributed by atoms with E-state index in [4.69, 9.17) is 23.2 Å². The van der Waals surface area contributed by atoms with Crippen molar-refractivity contribution in [1.82, 2.24) is 4.98 Å². The Hall–Kier alpha value is -0.770. The molecule has 0 aliphatic heterocycles. The second-order valence-corrected chi connectivity index (χ2v) is 5.99. The lowest BCUT2D eigenvalue weighted by molar-refractivity contribution is 0.872. The molecule has 1 heterocycles. The highest BCUT2D eigenvalue weighted by Gasteiger charge is 2.11. The zero-order valence-electron chi connectivity index (χ0n) is 10.5. The van der Waals surface area contributed by atoms with Crippen molar-refractivity contribution >= 4 is 44.9 Å². The molecule has 0 aliphatic rings. The van der Waals surface area contributed by atoms with Crippen LogP contribution in [0, 0.1) is 6.92 Å². The van der Waals surface area contributed by atoms with Crippen LogP contribution in [0.25, 0.3) is 0 Å². The molecule has 5 heteroatoms. The highest BCUT2D eigenvalue weighted by molar-refractivity contribution is 9.10. The summed E-state index contributed by atoms with van der Waals surface area (Å²) in [5.74, 6) is 0.819. The van der Waals surface area contributed by atoms with Crippen molar-refractivity contribution in [2.75, 3.05) is 5.32 Å². The lowest BCUT2D eigenvalue weighted by Crippen LogP contribution is -2.08. The van der Waals surface area contributed by atoms with Gasteiger partial charge in [-0.15, -0.1) is 0 Å². The first-order valence-corrected chi connectivity index (χ1v) is 7.37. The molecule has 19 heavy (non-hydrogen) atoms. The van der Waals surface area contributed by atoms with Gasteiger partial charge in [-0.3, -0.25) is 0 Å². The molecule has 1 unspecified atom stereocenters. The lowest BCUT2D eigenvalue weighted by Gasteiger charge is -2.17. The minimum Gasteiger partial charge on any atom is -0.363 e. The van der Waals surface area contributed by atoms with E-state index in [-0.39, 0.29) is 6.04 Å². The van der Waals surface area contributed by atoms with E-state index in [0.29, 0.717) is 10.0 Å². The fourth-order valence-electron chi connectivity index (χ4n) is 1.78. The van der Waals surface area contributed by atoms with Crippen molar-refractivity contribution < 1.29 is 0 Å². The van der Waals surface area contributed by atoms with Crippen molar-refractivity contribution in [1.29, 1.82) is 0 Å². The molecule has 0 bridgehead atoms. The highest BCUT2D eigenvalue weighted by atomic mass is 79.9. The summed E-state index contributed by atoms with van der Waals surface area (Å²) in [5.41, 5.74) is 1.94. The molecule has 0 aliphatic carbocycles. The molecular weight excluding hydrogens is 347 g/mol. The zero-order chi connectivity index (χ0) is 14.0. The van der Waals surface area contributed by atoms with Gasteiger partial charge in [0, 0.05) is 14.5 Å². The molecule has 0 radical (unpaired) electrons. The molecule has 0 amide bonds. The third kappa shape index (κ3) is 3.62. The summed E-state index contributed by atoms with van der Waals surface area (Å²) in [7, 11) is 0. The third-order valence-corrected chi connectivity index (χ3v) is 4.22. The van der Waals surface area contributed by atoms with E-state index in [0.717, 1.165) is 21.5 Å². The second kappa shape index (κ2) is 6.12. The van der Waals surface area contributed by atoms with Gasteiger partial charge in [0.15, 0.2) is 0 Å². The quantitative estimate of drug-likeness (QED) is 0.767. The second-order valence-electron chi connectivity index (χ2n) is 4.30. The first-order valence-electron chi connectivity index (χ1n) is 5.82. The Bertz CT molecular complexity index is 602. The Kier molecular flexibility index (Phi) is 4.71. The third-order valence-electron chi connectivity index (χ3n) is 2.81. The van der Waals surface area contributed by atoms with E-state index in [1.165, 1.54) is 0 Å². The normalized spacial score (nSPS) is 12.3. The standard InChI is InChI=1S/C14H13BrCl2N2/c1-8(11-4-3-10(16)7-13(11)17)18-14-6-5-12(15)9(2)19-14/h3-8H,1-2H3,(H,18,19). The van der Waals surface area contributed by atoms with Crippen LogP contribution in [-0.4, -0.2) is 4.98 Å². The first-order chi connectivity index (χ1) is 8.97. The summed E-state index contributed by atoms with van der Waals surface area (Å²) in [4.78, 5) is 4.46. The van der Waals surface area contributed by atoms with Crippen LogP contribution in [0.4, 0.5) is 5.82 Å². The van der Waals surface area contributed by atoms with Crippen LogP contribution in [0.3, 0.4) is 0 Å². The Morgan fingerprint density at radius 3 is 2.58 bits per heavy atom. The van der Waals surface area contributed by atoms with Crippen LogP contribution in [-0.2, 0) is 0 Å². The zero-order valence-corrected chi connectivity index (χ0v) is 13.6. The van der Waals surface area contributed by atoms with Crippen LogP contribution >= 0.6 is 39.1 Å². The van der Waals surface area contributed by atoms with Crippen LogP contribution in [0.2, 0.25) is 10.0 Å². The smallest absolute Gasteiger partial charge is 0.126 e. The molecule has 2 nitrogen and oxygen atoms in total. The Morgan fingerprint density at radius 1 is 1.21 bits per heavy atom. The van der Waals surface area contributed by atoms with Gasteiger partial charge in [0.1, 0.15) is 5.82 Å². The van der Waals surface area contributed by atoms with E-state index in [1.54, 1.807) is 6.07 Å². The van der Waals surface area contributed by atoms with Gasteiger partial charge >= 0.3 is 0 Å². The first kappa shape index (κ1) is 14.6. The topological polar surface area (TPSA) is 24.9 Å². The molecule has 0 spiro atoms. The largest absolute Gasteiger partial charge is 0.363 e. The highest BCUT2D eigenvalue weighted by Crippen LogP contribution is 2.28. The van der Waals surface area contributed by atoms with Gasteiger partial charge < -0.3 is 5.32 Å². The SMILES string of the molecule is Cc1nc(NC(C)c2ccc(Cl)cc2Cl)ccc1Br. The van der Waals surface area contributed by atoms with Crippen LogP contribution in [0.15, 0.2) is 34.8 Å². The predicted octanol–water partition coefficient (Wildman–Crippen LogP) is 5.63. The molecule has 2 aromatic rings. The number of aryl methyl sites for hydroxylation is 1. The summed E-state index contributed by atoms with van der Waals surface area (Å²) in [6.07, 6.45) is 0. The molecule has 1 aromatic heterocycles. The predicted molar refractivity (Wildman–Crippen MR) is 85.2 cm³/mol. The Balaban J connectivity index is 2.20. The fourth-order valence-corrected chi connectivity index (χ4v) is 2.57. The van der Waals surface area contributed by atoms with Crippen molar-refractivity contribution in [2.45, 2.75) is 19.9 Å². The molecule has 2 rings (SSSR count).